The lowest BCUT2D eigenvalue weighted by molar-refractivity contribution is -0.118. The topological polar surface area (TPSA) is 68.5 Å². The highest BCUT2D eigenvalue weighted by molar-refractivity contribution is 5.92. The van der Waals surface area contributed by atoms with Gasteiger partial charge in [0, 0.05) is 11.3 Å². The Hall–Kier alpha value is -3.86. The van der Waals surface area contributed by atoms with Crippen LogP contribution < -0.4 is 15.5 Å². The summed E-state index contributed by atoms with van der Waals surface area (Å²) < 4.78 is 12.1. The van der Waals surface area contributed by atoms with Crippen molar-refractivity contribution >= 4 is 22.6 Å². The molecule has 0 radical (unpaired) electrons. The van der Waals surface area contributed by atoms with Gasteiger partial charge in [0.2, 0.25) is 11.2 Å². The van der Waals surface area contributed by atoms with E-state index in [0.29, 0.717) is 28.0 Å². The SMILES string of the molecule is Cc1ccc(NC(=O)COc2c(-c3ccc(C(C)(C)C)cc3)oc3cc(C)c(C)cc3c2=O)cc1. The van der Waals surface area contributed by atoms with Crippen LogP contribution in [0.4, 0.5) is 5.69 Å². The molecule has 3 aromatic carbocycles. The molecule has 35 heavy (non-hydrogen) atoms. The Bertz CT molecular complexity index is 1440. The molecule has 5 heteroatoms. The Labute approximate surface area is 205 Å². The lowest BCUT2D eigenvalue weighted by Gasteiger charge is -2.19. The van der Waals surface area contributed by atoms with Gasteiger partial charge in [-0.25, -0.2) is 0 Å². The van der Waals surface area contributed by atoms with Gasteiger partial charge in [0.15, 0.2) is 12.4 Å². The summed E-state index contributed by atoms with van der Waals surface area (Å²) in [7, 11) is 0. The maximum absolute atomic E-state index is 13.5. The Morgan fingerprint density at radius 3 is 2.17 bits per heavy atom. The number of amides is 1. The van der Waals surface area contributed by atoms with Crippen molar-refractivity contribution in [3.8, 4) is 17.1 Å². The molecule has 180 valence electrons. The first kappa shape index (κ1) is 24.3. The van der Waals surface area contributed by atoms with Crippen LogP contribution in [0, 0.1) is 20.8 Å². The standard InChI is InChI=1S/C30H31NO4/c1-18-7-13-23(14-8-18)31-26(32)17-34-29-27(33)24-15-19(2)20(3)16-25(24)35-28(29)21-9-11-22(12-10-21)30(4,5)6/h7-16H,17H2,1-6H3,(H,31,32). The van der Waals surface area contributed by atoms with Gasteiger partial charge < -0.3 is 14.5 Å². The largest absolute Gasteiger partial charge is 0.476 e. The van der Waals surface area contributed by atoms with Crippen LogP contribution in [0.15, 0.2) is 69.9 Å². The molecule has 1 amide bonds. The van der Waals surface area contributed by atoms with Crippen LogP contribution in [0.5, 0.6) is 5.75 Å². The molecule has 0 aliphatic carbocycles. The summed E-state index contributed by atoms with van der Waals surface area (Å²) in [5.41, 5.74) is 5.83. The predicted molar refractivity (Wildman–Crippen MR) is 141 cm³/mol. The molecule has 0 atom stereocenters. The second-order valence-electron chi connectivity index (χ2n) is 10.1. The zero-order valence-electron chi connectivity index (χ0n) is 21.1. The minimum atomic E-state index is -0.359. The van der Waals surface area contributed by atoms with Crippen LogP contribution in [-0.2, 0) is 10.2 Å². The molecule has 0 spiro atoms. The molecular weight excluding hydrogens is 438 g/mol. The Morgan fingerprint density at radius 2 is 1.54 bits per heavy atom. The summed E-state index contributed by atoms with van der Waals surface area (Å²) in [6.07, 6.45) is 0. The van der Waals surface area contributed by atoms with Crippen molar-refractivity contribution < 1.29 is 13.9 Å². The van der Waals surface area contributed by atoms with Crippen molar-refractivity contribution in [2.24, 2.45) is 0 Å². The number of carbonyl (C=O) groups excluding carboxylic acids is 1. The molecule has 1 N–H and O–H groups in total. The van der Waals surface area contributed by atoms with E-state index >= 15 is 0 Å². The van der Waals surface area contributed by atoms with Gasteiger partial charge in [-0.05, 0) is 67.1 Å². The number of fused-ring (bicyclic) bond motifs is 1. The fraction of sp³-hybridized carbons (Fsp3) is 0.267. The molecule has 0 saturated heterocycles. The number of carbonyl (C=O) groups is 1. The van der Waals surface area contributed by atoms with E-state index in [1.807, 2.05) is 81.4 Å². The number of aryl methyl sites for hydroxylation is 3. The number of rotatable bonds is 5. The van der Waals surface area contributed by atoms with Gasteiger partial charge in [-0.15, -0.1) is 0 Å². The maximum atomic E-state index is 13.5. The van der Waals surface area contributed by atoms with Crippen molar-refractivity contribution in [3.05, 3.63) is 93.1 Å². The minimum absolute atomic E-state index is 0.00914. The number of hydrogen-bond donors (Lipinski definition) is 1. The van der Waals surface area contributed by atoms with Gasteiger partial charge in [0.25, 0.3) is 5.91 Å². The number of ether oxygens (including phenoxy) is 1. The second-order valence-corrected chi connectivity index (χ2v) is 10.1. The van der Waals surface area contributed by atoms with E-state index in [-0.39, 0.29) is 29.1 Å². The quantitative estimate of drug-likeness (QED) is 0.353. The van der Waals surface area contributed by atoms with Crippen LogP contribution in [0.25, 0.3) is 22.3 Å². The summed E-state index contributed by atoms with van der Waals surface area (Å²) in [4.78, 5) is 26.1. The lowest BCUT2D eigenvalue weighted by atomic mass is 9.86. The molecule has 4 rings (SSSR count). The monoisotopic (exact) mass is 469 g/mol. The van der Waals surface area contributed by atoms with E-state index in [9.17, 15) is 9.59 Å². The van der Waals surface area contributed by atoms with Gasteiger partial charge in [-0.2, -0.15) is 0 Å². The van der Waals surface area contributed by atoms with Gasteiger partial charge in [0.1, 0.15) is 5.58 Å². The highest BCUT2D eigenvalue weighted by Crippen LogP contribution is 2.33. The van der Waals surface area contributed by atoms with Crippen molar-refractivity contribution in [2.75, 3.05) is 11.9 Å². The molecule has 1 aromatic heterocycles. The van der Waals surface area contributed by atoms with Gasteiger partial charge in [-0.3, -0.25) is 9.59 Å². The number of benzene rings is 3. The maximum Gasteiger partial charge on any atom is 0.262 e. The molecule has 0 bridgehead atoms. The summed E-state index contributed by atoms with van der Waals surface area (Å²) in [5.74, 6) is -0.0138. The van der Waals surface area contributed by atoms with Crippen molar-refractivity contribution in [1.82, 2.24) is 0 Å². The van der Waals surface area contributed by atoms with E-state index in [0.717, 1.165) is 22.3 Å². The average molecular weight is 470 g/mol. The summed E-state index contributed by atoms with van der Waals surface area (Å²) in [6.45, 7) is 12.0. The number of anilines is 1. The third-order valence-electron chi connectivity index (χ3n) is 6.16. The molecule has 4 aromatic rings. The zero-order valence-corrected chi connectivity index (χ0v) is 21.1. The molecule has 0 aliphatic heterocycles. The van der Waals surface area contributed by atoms with Gasteiger partial charge >= 0.3 is 0 Å². The second kappa shape index (κ2) is 9.41. The van der Waals surface area contributed by atoms with E-state index in [1.165, 1.54) is 0 Å². The Morgan fingerprint density at radius 1 is 0.914 bits per heavy atom. The number of hydrogen-bond acceptors (Lipinski definition) is 4. The Kier molecular flexibility index (Phi) is 6.53. The van der Waals surface area contributed by atoms with E-state index in [2.05, 4.69) is 26.1 Å². The van der Waals surface area contributed by atoms with E-state index in [4.69, 9.17) is 9.15 Å². The zero-order chi connectivity index (χ0) is 25.3. The smallest absolute Gasteiger partial charge is 0.262 e. The first-order valence-corrected chi connectivity index (χ1v) is 11.7. The van der Waals surface area contributed by atoms with Crippen LogP contribution in [0.1, 0.15) is 43.0 Å². The fourth-order valence-corrected chi connectivity index (χ4v) is 3.85. The van der Waals surface area contributed by atoms with Crippen LogP contribution in [0.3, 0.4) is 0 Å². The molecule has 0 fully saturated rings. The predicted octanol–water partition coefficient (Wildman–Crippen LogP) is 6.70. The third-order valence-corrected chi connectivity index (χ3v) is 6.16. The first-order valence-electron chi connectivity index (χ1n) is 11.7. The summed E-state index contributed by atoms with van der Waals surface area (Å²) in [6, 6.07) is 19.0. The normalized spacial score (nSPS) is 11.5. The lowest BCUT2D eigenvalue weighted by Crippen LogP contribution is -2.22. The first-order chi connectivity index (χ1) is 16.5. The van der Waals surface area contributed by atoms with Crippen LogP contribution >= 0.6 is 0 Å². The van der Waals surface area contributed by atoms with E-state index in [1.54, 1.807) is 0 Å². The Balaban J connectivity index is 1.73. The average Bonchev–Trinajstić information content (AvgIpc) is 2.81. The highest BCUT2D eigenvalue weighted by atomic mass is 16.5. The van der Waals surface area contributed by atoms with E-state index < -0.39 is 0 Å². The summed E-state index contributed by atoms with van der Waals surface area (Å²) >= 11 is 0. The minimum Gasteiger partial charge on any atom is -0.476 e. The van der Waals surface area contributed by atoms with Crippen LogP contribution in [0.2, 0.25) is 0 Å². The molecule has 1 heterocycles. The van der Waals surface area contributed by atoms with Gasteiger partial charge in [0.05, 0.1) is 5.39 Å². The van der Waals surface area contributed by atoms with Crippen molar-refractivity contribution in [3.63, 3.8) is 0 Å². The molecule has 0 aliphatic rings. The molecule has 0 unspecified atom stereocenters. The third kappa shape index (κ3) is 5.29. The number of nitrogens with one attached hydrogen (secondary N) is 1. The molecular formula is C30H31NO4. The van der Waals surface area contributed by atoms with Crippen molar-refractivity contribution in [1.29, 1.82) is 0 Å². The highest BCUT2D eigenvalue weighted by Gasteiger charge is 2.21. The van der Waals surface area contributed by atoms with Crippen molar-refractivity contribution in [2.45, 2.75) is 47.0 Å². The fourth-order valence-electron chi connectivity index (χ4n) is 3.85. The molecule has 0 saturated carbocycles. The molecule has 5 nitrogen and oxygen atoms in total. The summed E-state index contributed by atoms with van der Waals surface area (Å²) in [5, 5.41) is 3.23. The van der Waals surface area contributed by atoms with Gasteiger partial charge in [-0.1, -0.05) is 62.7 Å². The van der Waals surface area contributed by atoms with Crippen LogP contribution in [-0.4, -0.2) is 12.5 Å².